The number of aryl methyl sites for hydroxylation is 2. The van der Waals surface area contributed by atoms with E-state index in [1.54, 1.807) is 20.8 Å². The number of nitrogens with one attached hydrogen (secondary N) is 1. The van der Waals surface area contributed by atoms with Gasteiger partial charge in [-0.2, -0.15) is 0 Å². The van der Waals surface area contributed by atoms with E-state index < -0.39 is 16.1 Å². The van der Waals surface area contributed by atoms with Crippen LogP contribution in [-0.4, -0.2) is 18.6 Å². The van der Waals surface area contributed by atoms with Crippen molar-refractivity contribution in [1.29, 1.82) is 0 Å². The molecule has 0 fully saturated rings. The highest BCUT2D eigenvalue weighted by Gasteiger charge is 2.23. The highest BCUT2D eigenvalue weighted by Crippen LogP contribution is 2.23. The second kappa shape index (κ2) is 5.22. The Bertz CT molecular complexity index is 705. The minimum Gasteiger partial charge on any atom is -0.384 e. The first-order chi connectivity index (χ1) is 9.31. The van der Waals surface area contributed by atoms with Crippen molar-refractivity contribution in [3.8, 4) is 0 Å². The average molecular weight is 296 g/mol. The Morgan fingerprint density at radius 2 is 2.10 bits per heavy atom. The predicted octanol–water partition coefficient (Wildman–Crippen LogP) is 1.31. The lowest BCUT2D eigenvalue weighted by atomic mass is 10.1. The molecule has 108 valence electrons. The fraction of sp³-hybridized carbons (Fsp3) is 0.333. The number of anilines is 1. The summed E-state index contributed by atoms with van der Waals surface area (Å²) >= 11 is 0. The zero-order valence-corrected chi connectivity index (χ0v) is 12.2. The summed E-state index contributed by atoms with van der Waals surface area (Å²) < 4.78 is 32.1. The van der Waals surface area contributed by atoms with Crippen molar-refractivity contribution in [1.82, 2.24) is 14.9 Å². The number of rotatable bonds is 4. The number of pyridine rings is 1. The van der Waals surface area contributed by atoms with Crippen molar-refractivity contribution in [2.45, 2.75) is 31.7 Å². The predicted molar refractivity (Wildman–Crippen MR) is 73.4 cm³/mol. The van der Waals surface area contributed by atoms with E-state index >= 15 is 0 Å². The van der Waals surface area contributed by atoms with Crippen LogP contribution in [0.25, 0.3) is 0 Å². The van der Waals surface area contributed by atoms with Gasteiger partial charge in [0.2, 0.25) is 10.0 Å². The van der Waals surface area contributed by atoms with E-state index in [-0.39, 0.29) is 10.7 Å². The number of aromatic nitrogens is 2. The first kappa shape index (κ1) is 14.5. The van der Waals surface area contributed by atoms with Crippen molar-refractivity contribution in [3.05, 3.63) is 35.3 Å². The maximum Gasteiger partial charge on any atom is 0.241 e. The molecule has 1 unspecified atom stereocenters. The van der Waals surface area contributed by atoms with Crippen molar-refractivity contribution in [3.63, 3.8) is 0 Å². The molecule has 0 radical (unpaired) electrons. The molecule has 20 heavy (non-hydrogen) atoms. The van der Waals surface area contributed by atoms with Crippen molar-refractivity contribution >= 4 is 15.8 Å². The van der Waals surface area contributed by atoms with Crippen LogP contribution >= 0.6 is 0 Å². The number of hydrogen-bond donors (Lipinski definition) is 2. The molecule has 0 aliphatic rings. The highest BCUT2D eigenvalue weighted by atomic mass is 32.2. The maximum atomic E-state index is 12.3. The van der Waals surface area contributed by atoms with E-state index in [1.165, 1.54) is 18.3 Å². The molecule has 0 aliphatic heterocycles. The molecule has 0 bridgehead atoms. The quantitative estimate of drug-likeness (QED) is 0.880. The van der Waals surface area contributed by atoms with Crippen LogP contribution in [0.2, 0.25) is 0 Å². The summed E-state index contributed by atoms with van der Waals surface area (Å²) in [6.07, 6.45) is 1.35. The van der Waals surface area contributed by atoms with Gasteiger partial charge in [0.25, 0.3) is 0 Å². The SMILES string of the molecule is Cc1noc(C)c1C(C)NS(=O)(=O)c1ccnc(N)c1. The van der Waals surface area contributed by atoms with Gasteiger partial charge in [0.1, 0.15) is 11.6 Å². The number of nitrogens with two attached hydrogens (primary N) is 1. The molecule has 0 saturated carbocycles. The van der Waals surface area contributed by atoms with Gasteiger partial charge in [0.15, 0.2) is 0 Å². The third kappa shape index (κ3) is 2.81. The Morgan fingerprint density at radius 1 is 1.40 bits per heavy atom. The second-order valence-electron chi connectivity index (χ2n) is 4.50. The number of nitrogens with zero attached hydrogens (tertiary/aromatic N) is 2. The van der Waals surface area contributed by atoms with E-state index in [2.05, 4.69) is 14.9 Å². The van der Waals surface area contributed by atoms with Gasteiger partial charge in [-0.1, -0.05) is 5.16 Å². The molecule has 0 aliphatic carbocycles. The van der Waals surface area contributed by atoms with Crippen molar-refractivity contribution in [2.24, 2.45) is 0 Å². The summed E-state index contributed by atoms with van der Waals surface area (Å²) in [6.45, 7) is 5.24. The Kier molecular flexibility index (Phi) is 3.78. The highest BCUT2D eigenvalue weighted by molar-refractivity contribution is 7.89. The zero-order chi connectivity index (χ0) is 14.9. The Morgan fingerprint density at radius 3 is 2.65 bits per heavy atom. The average Bonchev–Trinajstić information content (AvgIpc) is 2.68. The lowest BCUT2D eigenvalue weighted by Crippen LogP contribution is -2.27. The third-order valence-electron chi connectivity index (χ3n) is 2.92. The number of nitrogen functional groups attached to an aromatic ring is 1. The van der Waals surface area contributed by atoms with Crippen molar-refractivity contribution < 1.29 is 12.9 Å². The molecule has 0 saturated heterocycles. The van der Waals surface area contributed by atoms with Gasteiger partial charge in [0, 0.05) is 23.9 Å². The summed E-state index contributed by atoms with van der Waals surface area (Å²) in [4.78, 5) is 3.84. The van der Waals surface area contributed by atoms with Crippen LogP contribution < -0.4 is 10.5 Å². The van der Waals surface area contributed by atoms with E-state index in [4.69, 9.17) is 10.3 Å². The third-order valence-corrected chi connectivity index (χ3v) is 4.45. The van der Waals surface area contributed by atoms with Crippen LogP contribution in [0.1, 0.15) is 30.0 Å². The van der Waals surface area contributed by atoms with Gasteiger partial charge in [0.05, 0.1) is 10.6 Å². The van der Waals surface area contributed by atoms with E-state index in [0.717, 1.165) is 5.56 Å². The topological polar surface area (TPSA) is 111 Å². The number of hydrogen-bond acceptors (Lipinski definition) is 6. The molecule has 0 amide bonds. The minimum absolute atomic E-state index is 0.0728. The molecule has 8 heteroatoms. The Labute approximate surface area is 117 Å². The summed E-state index contributed by atoms with van der Waals surface area (Å²) in [5.41, 5.74) is 6.89. The fourth-order valence-corrected chi connectivity index (χ4v) is 3.30. The first-order valence-corrected chi connectivity index (χ1v) is 7.46. The van der Waals surface area contributed by atoms with E-state index in [9.17, 15) is 8.42 Å². The fourth-order valence-electron chi connectivity index (χ4n) is 2.06. The van der Waals surface area contributed by atoms with Gasteiger partial charge in [-0.05, 0) is 26.8 Å². The summed E-state index contributed by atoms with van der Waals surface area (Å²) in [7, 11) is -3.68. The first-order valence-electron chi connectivity index (χ1n) is 5.98. The standard InChI is InChI=1S/C12H16N4O3S/c1-7-12(9(3)19-15-7)8(2)16-20(17,18)10-4-5-14-11(13)6-10/h4-6,8,16H,1-3H3,(H2,13,14). The van der Waals surface area contributed by atoms with Gasteiger partial charge in [-0.3, -0.25) is 0 Å². The van der Waals surface area contributed by atoms with Crippen LogP contribution in [0.15, 0.2) is 27.7 Å². The van der Waals surface area contributed by atoms with Gasteiger partial charge < -0.3 is 10.3 Å². The summed E-state index contributed by atoms with van der Waals surface area (Å²) in [6, 6.07) is 2.24. The molecule has 7 nitrogen and oxygen atoms in total. The lowest BCUT2D eigenvalue weighted by Gasteiger charge is -2.14. The molecule has 2 aromatic heterocycles. The monoisotopic (exact) mass is 296 g/mol. The van der Waals surface area contributed by atoms with Crippen LogP contribution in [0.4, 0.5) is 5.82 Å². The van der Waals surface area contributed by atoms with Crippen LogP contribution in [0.3, 0.4) is 0 Å². The minimum atomic E-state index is -3.68. The molecule has 3 N–H and O–H groups in total. The molecule has 0 spiro atoms. The summed E-state index contributed by atoms with van der Waals surface area (Å²) in [5.74, 6) is 0.741. The molecular formula is C12H16N4O3S. The van der Waals surface area contributed by atoms with Crippen LogP contribution in [0, 0.1) is 13.8 Å². The smallest absolute Gasteiger partial charge is 0.241 e. The second-order valence-corrected chi connectivity index (χ2v) is 6.21. The van der Waals surface area contributed by atoms with Crippen molar-refractivity contribution in [2.75, 3.05) is 5.73 Å². The van der Waals surface area contributed by atoms with Gasteiger partial charge in [-0.15, -0.1) is 0 Å². The molecule has 2 rings (SSSR count). The Balaban J connectivity index is 2.29. The summed E-state index contributed by atoms with van der Waals surface area (Å²) in [5, 5.41) is 3.81. The van der Waals surface area contributed by atoms with Crippen LogP contribution in [0.5, 0.6) is 0 Å². The largest absolute Gasteiger partial charge is 0.384 e. The van der Waals surface area contributed by atoms with E-state index in [0.29, 0.717) is 11.5 Å². The molecular weight excluding hydrogens is 280 g/mol. The normalized spacial score (nSPS) is 13.3. The molecule has 1 atom stereocenters. The zero-order valence-electron chi connectivity index (χ0n) is 11.4. The van der Waals surface area contributed by atoms with Crippen LogP contribution in [-0.2, 0) is 10.0 Å². The Hall–Kier alpha value is -1.93. The maximum absolute atomic E-state index is 12.3. The molecule has 2 aromatic rings. The van der Waals surface area contributed by atoms with Gasteiger partial charge in [-0.25, -0.2) is 18.1 Å². The van der Waals surface area contributed by atoms with E-state index in [1.807, 2.05) is 0 Å². The van der Waals surface area contributed by atoms with Gasteiger partial charge >= 0.3 is 0 Å². The lowest BCUT2D eigenvalue weighted by molar-refractivity contribution is 0.391. The molecule has 2 heterocycles. The molecule has 0 aromatic carbocycles. The number of sulfonamides is 1.